The Balaban J connectivity index is 1.38. The first kappa shape index (κ1) is 20.4. The van der Waals surface area contributed by atoms with E-state index in [1.54, 1.807) is 19.4 Å². The van der Waals surface area contributed by atoms with E-state index in [0.717, 1.165) is 59.4 Å². The minimum absolute atomic E-state index is 0.291. The van der Waals surface area contributed by atoms with Crippen molar-refractivity contribution < 1.29 is 9.13 Å². The van der Waals surface area contributed by atoms with Crippen LogP contribution in [0.2, 0.25) is 0 Å². The molecule has 0 fully saturated rings. The number of methoxy groups -OCH3 is 1. The van der Waals surface area contributed by atoms with Gasteiger partial charge in [0.15, 0.2) is 0 Å². The summed E-state index contributed by atoms with van der Waals surface area (Å²) in [6, 6.07) is 15.0. The highest BCUT2D eigenvalue weighted by Gasteiger charge is 2.18. The molecule has 1 unspecified atom stereocenters. The van der Waals surface area contributed by atoms with E-state index in [4.69, 9.17) is 4.74 Å². The Morgan fingerprint density at radius 2 is 2.03 bits per heavy atom. The van der Waals surface area contributed by atoms with E-state index in [-0.39, 0.29) is 5.82 Å². The molecule has 0 aliphatic heterocycles. The van der Waals surface area contributed by atoms with Crippen LogP contribution in [-0.4, -0.2) is 28.1 Å². The van der Waals surface area contributed by atoms with Crippen molar-refractivity contribution in [1.29, 1.82) is 0 Å². The second kappa shape index (κ2) is 8.93. The van der Waals surface area contributed by atoms with Gasteiger partial charge in [0.2, 0.25) is 0 Å². The zero-order chi connectivity index (χ0) is 21.9. The van der Waals surface area contributed by atoms with Gasteiger partial charge < -0.3 is 15.0 Å². The average molecular weight is 429 g/mol. The molecular formula is C26H25FN4O. The van der Waals surface area contributed by atoms with Crippen LogP contribution in [0.25, 0.3) is 27.7 Å². The minimum Gasteiger partial charge on any atom is -0.496 e. The summed E-state index contributed by atoms with van der Waals surface area (Å²) >= 11 is 0. The number of allylic oxidation sites excluding steroid dienone is 1. The first-order chi connectivity index (χ1) is 15.7. The van der Waals surface area contributed by atoms with Gasteiger partial charge in [0.05, 0.1) is 12.8 Å². The van der Waals surface area contributed by atoms with Crippen molar-refractivity contribution in [2.45, 2.75) is 31.8 Å². The van der Waals surface area contributed by atoms with Gasteiger partial charge in [-0.25, -0.2) is 9.37 Å². The molecule has 5 rings (SSSR count). The predicted octanol–water partition coefficient (Wildman–Crippen LogP) is 5.50. The molecule has 1 atom stereocenters. The van der Waals surface area contributed by atoms with Gasteiger partial charge >= 0.3 is 0 Å². The maximum atomic E-state index is 14.0. The monoisotopic (exact) mass is 428 g/mol. The molecule has 0 spiro atoms. The molecule has 32 heavy (non-hydrogen) atoms. The standard InChI is InChI=1S/C26H25FN4O/c1-32-25-10-7-18(27)14-22(25)21-11-13-29-26-23(21)15-24(31-26)17-5-8-19(9-6-17)30-16-20-4-2-3-12-28-20/h2-5,7,10-15,19,30H,6,8-9,16H2,1H3,(H,29,31). The summed E-state index contributed by atoms with van der Waals surface area (Å²) in [6.45, 7) is 0.782. The zero-order valence-electron chi connectivity index (χ0n) is 17.9. The fraction of sp³-hybridized carbons (Fsp3) is 0.231. The third-order valence-corrected chi connectivity index (χ3v) is 6.04. The van der Waals surface area contributed by atoms with Crippen LogP contribution >= 0.6 is 0 Å². The molecule has 162 valence electrons. The summed E-state index contributed by atoms with van der Waals surface area (Å²) in [5, 5.41) is 4.57. The highest BCUT2D eigenvalue weighted by atomic mass is 19.1. The maximum absolute atomic E-state index is 14.0. The van der Waals surface area contributed by atoms with E-state index in [1.165, 1.54) is 17.7 Å². The van der Waals surface area contributed by atoms with Crippen LogP contribution in [0, 0.1) is 5.82 Å². The lowest BCUT2D eigenvalue weighted by molar-refractivity contribution is 0.415. The van der Waals surface area contributed by atoms with Gasteiger partial charge in [0.25, 0.3) is 0 Å². The summed E-state index contributed by atoms with van der Waals surface area (Å²) in [5.41, 5.74) is 5.83. The summed E-state index contributed by atoms with van der Waals surface area (Å²) in [7, 11) is 1.60. The Morgan fingerprint density at radius 1 is 1.09 bits per heavy atom. The van der Waals surface area contributed by atoms with Crippen molar-refractivity contribution in [3.8, 4) is 16.9 Å². The Kier molecular flexibility index (Phi) is 5.69. The topological polar surface area (TPSA) is 62.8 Å². The molecule has 4 aromatic rings. The number of hydrogen-bond donors (Lipinski definition) is 2. The molecule has 2 N–H and O–H groups in total. The molecule has 1 aromatic carbocycles. The zero-order valence-corrected chi connectivity index (χ0v) is 17.9. The average Bonchev–Trinajstić information content (AvgIpc) is 3.28. The number of aromatic nitrogens is 3. The van der Waals surface area contributed by atoms with Gasteiger partial charge in [0.1, 0.15) is 17.2 Å². The fourth-order valence-electron chi connectivity index (χ4n) is 4.34. The molecule has 3 aromatic heterocycles. The molecule has 5 nitrogen and oxygen atoms in total. The third-order valence-electron chi connectivity index (χ3n) is 6.04. The van der Waals surface area contributed by atoms with E-state index < -0.39 is 0 Å². The van der Waals surface area contributed by atoms with Crippen molar-refractivity contribution in [2.24, 2.45) is 0 Å². The number of ether oxygens (including phenoxy) is 1. The van der Waals surface area contributed by atoms with Crippen LogP contribution < -0.4 is 10.1 Å². The first-order valence-electron chi connectivity index (χ1n) is 10.9. The van der Waals surface area contributed by atoms with Gasteiger partial charge in [-0.2, -0.15) is 0 Å². The molecule has 1 aliphatic rings. The smallest absolute Gasteiger partial charge is 0.138 e. The van der Waals surface area contributed by atoms with Crippen LogP contribution in [0.15, 0.2) is 67.0 Å². The lowest BCUT2D eigenvalue weighted by Crippen LogP contribution is -2.30. The number of halogens is 1. The van der Waals surface area contributed by atoms with E-state index in [9.17, 15) is 4.39 Å². The van der Waals surface area contributed by atoms with Crippen LogP contribution in [0.4, 0.5) is 4.39 Å². The number of hydrogen-bond acceptors (Lipinski definition) is 4. The number of aromatic amines is 1. The predicted molar refractivity (Wildman–Crippen MR) is 125 cm³/mol. The van der Waals surface area contributed by atoms with Crippen molar-refractivity contribution in [2.75, 3.05) is 7.11 Å². The summed E-state index contributed by atoms with van der Waals surface area (Å²) in [4.78, 5) is 12.3. The van der Waals surface area contributed by atoms with Crippen LogP contribution in [0.3, 0.4) is 0 Å². The van der Waals surface area contributed by atoms with E-state index >= 15 is 0 Å². The number of fused-ring (bicyclic) bond motifs is 1. The molecule has 0 saturated carbocycles. The number of rotatable bonds is 6. The molecule has 1 aliphatic carbocycles. The molecule has 0 saturated heterocycles. The second-order valence-corrected chi connectivity index (χ2v) is 8.05. The number of benzene rings is 1. The van der Waals surface area contributed by atoms with Crippen LogP contribution in [0.5, 0.6) is 5.75 Å². The highest BCUT2D eigenvalue weighted by Crippen LogP contribution is 2.37. The first-order valence-corrected chi connectivity index (χ1v) is 10.9. The SMILES string of the molecule is COc1ccc(F)cc1-c1ccnc2[nH]c(C3=CCC(NCc4ccccn4)CC3)cc12. The van der Waals surface area contributed by atoms with Gasteiger partial charge in [-0.05, 0) is 72.9 Å². The molecule has 0 bridgehead atoms. The molecular weight excluding hydrogens is 403 g/mol. The lowest BCUT2D eigenvalue weighted by atomic mass is 9.93. The molecule has 6 heteroatoms. The number of pyridine rings is 2. The van der Waals surface area contributed by atoms with Gasteiger partial charge in [0, 0.05) is 41.6 Å². The molecule has 3 heterocycles. The lowest BCUT2D eigenvalue weighted by Gasteiger charge is -2.22. The Morgan fingerprint density at radius 3 is 2.81 bits per heavy atom. The van der Waals surface area contributed by atoms with Crippen molar-refractivity contribution >= 4 is 16.6 Å². The Hall–Kier alpha value is -3.51. The van der Waals surface area contributed by atoms with Crippen LogP contribution in [0.1, 0.15) is 30.7 Å². The minimum atomic E-state index is -0.291. The second-order valence-electron chi connectivity index (χ2n) is 8.05. The quantitative estimate of drug-likeness (QED) is 0.426. The normalized spacial score (nSPS) is 16.2. The Bertz CT molecular complexity index is 1270. The highest BCUT2D eigenvalue weighted by molar-refractivity contribution is 5.96. The van der Waals surface area contributed by atoms with E-state index in [0.29, 0.717) is 11.8 Å². The summed E-state index contributed by atoms with van der Waals surface area (Å²) in [5.74, 6) is 0.348. The van der Waals surface area contributed by atoms with E-state index in [2.05, 4.69) is 32.4 Å². The fourth-order valence-corrected chi connectivity index (χ4v) is 4.34. The number of nitrogens with one attached hydrogen (secondary N) is 2. The van der Waals surface area contributed by atoms with Crippen LogP contribution in [-0.2, 0) is 6.54 Å². The van der Waals surface area contributed by atoms with Crippen molar-refractivity contribution in [3.05, 3.63) is 84.2 Å². The van der Waals surface area contributed by atoms with Crippen molar-refractivity contribution in [1.82, 2.24) is 20.3 Å². The van der Waals surface area contributed by atoms with E-state index in [1.807, 2.05) is 30.5 Å². The molecule has 0 amide bonds. The largest absolute Gasteiger partial charge is 0.496 e. The molecule has 0 radical (unpaired) electrons. The third kappa shape index (κ3) is 4.14. The van der Waals surface area contributed by atoms with Gasteiger partial charge in [-0.1, -0.05) is 12.1 Å². The summed E-state index contributed by atoms with van der Waals surface area (Å²) in [6.07, 6.45) is 8.88. The summed E-state index contributed by atoms with van der Waals surface area (Å²) < 4.78 is 19.4. The van der Waals surface area contributed by atoms with Crippen molar-refractivity contribution in [3.63, 3.8) is 0 Å². The van der Waals surface area contributed by atoms with Gasteiger partial charge in [-0.15, -0.1) is 0 Å². The number of H-pyrrole nitrogens is 1. The Labute approximate surface area is 186 Å². The number of nitrogens with zero attached hydrogens (tertiary/aromatic N) is 2. The maximum Gasteiger partial charge on any atom is 0.138 e. The van der Waals surface area contributed by atoms with Gasteiger partial charge in [-0.3, -0.25) is 4.98 Å².